The average molecular weight is 266 g/mol. The summed E-state index contributed by atoms with van der Waals surface area (Å²) in [5, 5.41) is 8.02. The summed E-state index contributed by atoms with van der Waals surface area (Å²) in [6.07, 6.45) is 1.06. The Morgan fingerprint density at radius 2 is 1.79 bits per heavy atom. The third-order valence-electron chi connectivity index (χ3n) is 3.83. The minimum Gasteiger partial charge on any atom is -0.394 e. The number of nitrogens with zero attached hydrogens (tertiary/aromatic N) is 2. The van der Waals surface area contributed by atoms with Crippen LogP contribution >= 0.6 is 0 Å². The molecule has 0 aliphatic rings. The van der Waals surface area contributed by atoms with Crippen LogP contribution in [0.3, 0.4) is 0 Å². The van der Waals surface area contributed by atoms with Gasteiger partial charge in [0.1, 0.15) is 5.82 Å². The van der Waals surface area contributed by atoms with Crippen LogP contribution in [0.5, 0.6) is 0 Å². The molecule has 3 N–H and O–H groups in total. The van der Waals surface area contributed by atoms with Gasteiger partial charge >= 0.3 is 0 Å². The highest BCUT2D eigenvalue weighted by molar-refractivity contribution is 5.64. The van der Waals surface area contributed by atoms with Crippen molar-refractivity contribution in [2.45, 2.75) is 54.5 Å². The Bertz CT molecular complexity index is 385. The van der Waals surface area contributed by atoms with Crippen molar-refractivity contribution in [3.63, 3.8) is 0 Å². The van der Waals surface area contributed by atoms with E-state index in [1.165, 1.54) is 0 Å². The number of aromatic nitrogens is 2. The van der Waals surface area contributed by atoms with Crippen LogP contribution in [0, 0.1) is 24.7 Å². The standard InChI is InChI=1S/C15H30N4/c1-7-8-19-15(14(16)12(6)18-19)17-9-13(10(2)3)11(4)5/h10-11,13,17H,7-9,16H2,1-6H3. The van der Waals surface area contributed by atoms with Crippen LogP contribution in [0.25, 0.3) is 0 Å². The monoisotopic (exact) mass is 266 g/mol. The van der Waals surface area contributed by atoms with Crippen molar-refractivity contribution in [1.82, 2.24) is 9.78 Å². The lowest BCUT2D eigenvalue weighted by molar-refractivity contribution is 0.304. The lowest BCUT2D eigenvalue weighted by Crippen LogP contribution is -2.25. The van der Waals surface area contributed by atoms with Gasteiger partial charge < -0.3 is 11.1 Å². The second kappa shape index (κ2) is 6.83. The van der Waals surface area contributed by atoms with Gasteiger partial charge in [0.15, 0.2) is 0 Å². The second-order valence-electron chi connectivity index (χ2n) is 6.10. The summed E-state index contributed by atoms with van der Waals surface area (Å²) in [5.74, 6) is 2.96. The number of anilines is 2. The predicted molar refractivity (Wildman–Crippen MR) is 83.3 cm³/mol. The highest BCUT2D eigenvalue weighted by Gasteiger charge is 2.19. The van der Waals surface area contributed by atoms with Gasteiger partial charge in [-0.15, -0.1) is 0 Å². The molecule has 1 rings (SSSR count). The average Bonchev–Trinajstić information content (AvgIpc) is 2.56. The summed E-state index contributed by atoms with van der Waals surface area (Å²) in [6.45, 7) is 15.1. The summed E-state index contributed by atoms with van der Waals surface area (Å²) in [7, 11) is 0. The van der Waals surface area contributed by atoms with E-state index in [1.54, 1.807) is 0 Å². The Balaban J connectivity index is 2.81. The minimum atomic E-state index is 0.643. The summed E-state index contributed by atoms with van der Waals surface area (Å²) < 4.78 is 2.00. The molecule has 0 aliphatic heterocycles. The molecule has 1 aromatic rings. The molecule has 0 atom stereocenters. The molecule has 0 unspecified atom stereocenters. The van der Waals surface area contributed by atoms with Gasteiger partial charge in [-0.2, -0.15) is 5.10 Å². The topological polar surface area (TPSA) is 55.9 Å². The number of hydrogen-bond acceptors (Lipinski definition) is 3. The van der Waals surface area contributed by atoms with E-state index >= 15 is 0 Å². The van der Waals surface area contributed by atoms with Crippen molar-refractivity contribution < 1.29 is 0 Å². The Labute approximate surface area is 117 Å². The van der Waals surface area contributed by atoms with Crippen LogP contribution in [0.1, 0.15) is 46.7 Å². The molecule has 4 nitrogen and oxygen atoms in total. The first-order chi connectivity index (χ1) is 8.88. The zero-order chi connectivity index (χ0) is 14.6. The normalized spacial score (nSPS) is 11.8. The quantitative estimate of drug-likeness (QED) is 0.794. The zero-order valence-corrected chi connectivity index (χ0v) is 13.3. The number of nitrogens with two attached hydrogens (primary N) is 1. The van der Waals surface area contributed by atoms with Gasteiger partial charge in [0.2, 0.25) is 0 Å². The Morgan fingerprint density at radius 3 is 2.26 bits per heavy atom. The van der Waals surface area contributed by atoms with Crippen LogP contribution in [0.4, 0.5) is 11.5 Å². The molecule has 1 aromatic heterocycles. The second-order valence-corrected chi connectivity index (χ2v) is 6.10. The van der Waals surface area contributed by atoms with Crippen LogP contribution in [-0.2, 0) is 6.54 Å². The molecule has 0 spiro atoms. The molecule has 110 valence electrons. The van der Waals surface area contributed by atoms with E-state index in [4.69, 9.17) is 5.73 Å². The maximum atomic E-state index is 6.13. The van der Waals surface area contributed by atoms with Gasteiger partial charge in [-0.05, 0) is 31.1 Å². The molecule has 0 radical (unpaired) electrons. The van der Waals surface area contributed by atoms with E-state index in [1.807, 2.05) is 11.6 Å². The fourth-order valence-electron chi connectivity index (χ4n) is 2.61. The zero-order valence-electron chi connectivity index (χ0n) is 13.3. The fraction of sp³-hybridized carbons (Fsp3) is 0.800. The van der Waals surface area contributed by atoms with Crippen LogP contribution < -0.4 is 11.1 Å². The van der Waals surface area contributed by atoms with Gasteiger partial charge in [-0.25, -0.2) is 4.68 Å². The Morgan fingerprint density at radius 1 is 1.21 bits per heavy atom. The van der Waals surface area contributed by atoms with Crippen molar-refractivity contribution in [2.75, 3.05) is 17.6 Å². The van der Waals surface area contributed by atoms with Gasteiger partial charge in [-0.3, -0.25) is 0 Å². The third-order valence-corrected chi connectivity index (χ3v) is 3.83. The summed E-state index contributed by atoms with van der Waals surface area (Å²) >= 11 is 0. The largest absolute Gasteiger partial charge is 0.394 e. The first-order valence-electron chi connectivity index (χ1n) is 7.45. The van der Waals surface area contributed by atoms with Gasteiger partial charge in [0.05, 0.1) is 11.4 Å². The van der Waals surface area contributed by atoms with E-state index in [0.717, 1.165) is 36.7 Å². The van der Waals surface area contributed by atoms with Crippen molar-refractivity contribution in [3.8, 4) is 0 Å². The summed E-state index contributed by atoms with van der Waals surface area (Å²) in [6, 6.07) is 0. The maximum Gasteiger partial charge on any atom is 0.148 e. The SMILES string of the molecule is CCCn1nc(C)c(N)c1NCC(C(C)C)C(C)C. The smallest absolute Gasteiger partial charge is 0.148 e. The van der Waals surface area contributed by atoms with Crippen molar-refractivity contribution in [2.24, 2.45) is 17.8 Å². The minimum absolute atomic E-state index is 0.643. The summed E-state index contributed by atoms with van der Waals surface area (Å²) in [5.41, 5.74) is 7.84. The number of nitrogen functional groups attached to an aromatic ring is 1. The fourth-order valence-corrected chi connectivity index (χ4v) is 2.61. The van der Waals surface area contributed by atoms with E-state index in [-0.39, 0.29) is 0 Å². The molecule has 4 heteroatoms. The molecule has 0 aliphatic carbocycles. The third kappa shape index (κ3) is 3.88. The molecule has 0 aromatic carbocycles. The van der Waals surface area contributed by atoms with Crippen LogP contribution in [0.15, 0.2) is 0 Å². The molecule has 0 amide bonds. The molecule has 1 heterocycles. The van der Waals surface area contributed by atoms with Crippen molar-refractivity contribution in [3.05, 3.63) is 5.69 Å². The number of aryl methyl sites for hydroxylation is 2. The Hall–Kier alpha value is -1.19. The van der Waals surface area contributed by atoms with Crippen LogP contribution in [0.2, 0.25) is 0 Å². The number of nitrogens with one attached hydrogen (secondary N) is 1. The van der Waals surface area contributed by atoms with E-state index in [2.05, 4.69) is 45.0 Å². The lowest BCUT2D eigenvalue weighted by atomic mass is 9.85. The molecular weight excluding hydrogens is 236 g/mol. The molecule has 0 bridgehead atoms. The van der Waals surface area contributed by atoms with Gasteiger partial charge in [0, 0.05) is 13.1 Å². The van der Waals surface area contributed by atoms with E-state index in [9.17, 15) is 0 Å². The molecule has 0 saturated carbocycles. The maximum absolute atomic E-state index is 6.13. The molecule has 0 saturated heterocycles. The highest BCUT2D eigenvalue weighted by Crippen LogP contribution is 2.25. The molecular formula is C15H30N4. The molecule has 0 fully saturated rings. The summed E-state index contributed by atoms with van der Waals surface area (Å²) in [4.78, 5) is 0. The molecule has 19 heavy (non-hydrogen) atoms. The Kier molecular flexibility index (Phi) is 5.70. The van der Waals surface area contributed by atoms with E-state index in [0.29, 0.717) is 17.8 Å². The first-order valence-corrected chi connectivity index (χ1v) is 7.45. The van der Waals surface area contributed by atoms with Crippen molar-refractivity contribution in [1.29, 1.82) is 0 Å². The van der Waals surface area contributed by atoms with E-state index < -0.39 is 0 Å². The first kappa shape index (κ1) is 15.9. The van der Waals surface area contributed by atoms with Gasteiger partial charge in [0.25, 0.3) is 0 Å². The van der Waals surface area contributed by atoms with Crippen molar-refractivity contribution >= 4 is 11.5 Å². The lowest BCUT2D eigenvalue weighted by Gasteiger charge is -2.25. The predicted octanol–water partition coefficient (Wildman–Crippen LogP) is 3.52. The van der Waals surface area contributed by atoms with Crippen LogP contribution in [-0.4, -0.2) is 16.3 Å². The number of rotatable bonds is 7. The van der Waals surface area contributed by atoms with Gasteiger partial charge in [-0.1, -0.05) is 34.6 Å². The highest BCUT2D eigenvalue weighted by atomic mass is 15.3. The number of hydrogen-bond donors (Lipinski definition) is 2.